The second-order valence-electron chi connectivity index (χ2n) is 6.05. The first kappa shape index (κ1) is 16.2. The van der Waals surface area contributed by atoms with E-state index in [0.717, 1.165) is 23.2 Å². The topological polar surface area (TPSA) is 71.1 Å². The van der Waals surface area contributed by atoms with Gasteiger partial charge in [0.25, 0.3) is 0 Å². The third-order valence-electron chi connectivity index (χ3n) is 4.29. The van der Waals surface area contributed by atoms with Crippen LogP contribution >= 0.6 is 0 Å². The maximum absolute atomic E-state index is 12.1. The highest BCUT2D eigenvalue weighted by Crippen LogP contribution is 2.27. The normalized spacial score (nSPS) is 16.2. The Hall–Kier alpha value is -2.69. The molecule has 1 aromatic heterocycles. The van der Waals surface area contributed by atoms with Crippen LogP contribution < -0.4 is 10.6 Å². The van der Waals surface area contributed by atoms with Gasteiger partial charge in [0.2, 0.25) is 11.8 Å². The molecule has 2 heterocycles. The molecule has 5 heteroatoms. The standard InChI is InChI=1S/C19H21N3O2/c23-18(21-11-9-14-4-3-10-20-13-14)8-7-16-12-15-5-1-2-6-17(15)22-19(16)24/h1-6,10,13,16H,7-9,11-12H2,(H,21,23)(H,22,24)/t16-/m1/s1. The number of fused-ring (bicyclic) bond motifs is 1. The Morgan fingerprint density at radius 3 is 2.96 bits per heavy atom. The number of nitrogens with one attached hydrogen (secondary N) is 2. The lowest BCUT2D eigenvalue weighted by Gasteiger charge is -2.24. The van der Waals surface area contributed by atoms with Gasteiger partial charge in [-0.15, -0.1) is 0 Å². The van der Waals surface area contributed by atoms with E-state index in [1.54, 1.807) is 12.4 Å². The molecule has 0 radical (unpaired) electrons. The summed E-state index contributed by atoms with van der Waals surface area (Å²) in [5.41, 5.74) is 3.12. The van der Waals surface area contributed by atoms with Crippen molar-refractivity contribution in [2.75, 3.05) is 11.9 Å². The number of para-hydroxylation sites is 1. The maximum atomic E-state index is 12.1. The lowest BCUT2D eigenvalue weighted by atomic mass is 9.89. The van der Waals surface area contributed by atoms with Crippen LogP contribution in [-0.4, -0.2) is 23.3 Å². The van der Waals surface area contributed by atoms with Gasteiger partial charge in [-0.3, -0.25) is 14.6 Å². The molecule has 0 saturated heterocycles. The molecule has 0 aliphatic carbocycles. The van der Waals surface area contributed by atoms with Crippen LogP contribution in [0.2, 0.25) is 0 Å². The molecule has 0 fully saturated rings. The number of hydrogen-bond donors (Lipinski definition) is 2. The predicted octanol–water partition coefficient (Wildman–Crippen LogP) is 2.33. The van der Waals surface area contributed by atoms with E-state index in [1.807, 2.05) is 36.4 Å². The van der Waals surface area contributed by atoms with Gasteiger partial charge in [-0.1, -0.05) is 24.3 Å². The second kappa shape index (κ2) is 7.73. The fourth-order valence-corrected chi connectivity index (χ4v) is 2.93. The van der Waals surface area contributed by atoms with Gasteiger partial charge in [-0.2, -0.15) is 0 Å². The van der Waals surface area contributed by atoms with E-state index in [-0.39, 0.29) is 17.7 Å². The van der Waals surface area contributed by atoms with E-state index in [2.05, 4.69) is 15.6 Å². The number of rotatable bonds is 6. The average Bonchev–Trinajstić information content (AvgIpc) is 2.61. The third-order valence-corrected chi connectivity index (χ3v) is 4.29. The quantitative estimate of drug-likeness (QED) is 0.857. The van der Waals surface area contributed by atoms with Crippen LogP contribution in [0.15, 0.2) is 48.8 Å². The monoisotopic (exact) mass is 323 g/mol. The molecule has 1 aliphatic heterocycles. The van der Waals surface area contributed by atoms with E-state index in [0.29, 0.717) is 25.8 Å². The Balaban J connectivity index is 1.42. The van der Waals surface area contributed by atoms with Crippen molar-refractivity contribution in [3.63, 3.8) is 0 Å². The van der Waals surface area contributed by atoms with E-state index in [4.69, 9.17) is 0 Å². The number of carbonyl (C=O) groups excluding carboxylic acids is 2. The van der Waals surface area contributed by atoms with E-state index >= 15 is 0 Å². The number of amides is 2. The summed E-state index contributed by atoms with van der Waals surface area (Å²) in [5, 5.41) is 5.83. The van der Waals surface area contributed by atoms with Crippen LogP contribution in [0, 0.1) is 5.92 Å². The molecular weight excluding hydrogens is 302 g/mol. The zero-order valence-corrected chi connectivity index (χ0v) is 13.5. The Bertz CT molecular complexity index is 716. The Morgan fingerprint density at radius 1 is 1.25 bits per heavy atom. The van der Waals surface area contributed by atoms with E-state index in [9.17, 15) is 9.59 Å². The minimum Gasteiger partial charge on any atom is -0.356 e. The van der Waals surface area contributed by atoms with Crippen molar-refractivity contribution in [3.8, 4) is 0 Å². The molecule has 1 aromatic carbocycles. The molecule has 2 aromatic rings. The third kappa shape index (κ3) is 4.19. The number of carbonyl (C=O) groups is 2. The summed E-state index contributed by atoms with van der Waals surface area (Å²) in [7, 11) is 0. The summed E-state index contributed by atoms with van der Waals surface area (Å²) >= 11 is 0. The summed E-state index contributed by atoms with van der Waals surface area (Å²) in [4.78, 5) is 28.1. The summed E-state index contributed by atoms with van der Waals surface area (Å²) in [5.74, 6) is -0.133. The van der Waals surface area contributed by atoms with Crippen LogP contribution in [-0.2, 0) is 22.4 Å². The molecule has 0 bridgehead atoms. The minimum absolute atomic E-state index is 0.00875. The molecule has 5 nitrogen and oxygen atoms in total. The van der Waals surface area contributed by atoms with Crippen molar-refractivity contribution in [2.45, 2.75) is 25.7 Å². The largest absolute Gasteiger partial charge is 0.356 e. The molecule has 124 valence electrons. The number of anilines is 1. The molecule has 3 rings (SSSR count). The Labute approximate surface area is 141 Å². The lowest BCUT2D eigenvalue weighted by Crippen LogP contribution is -2.32. The Kier molecular flexibility index (Phi) is 5.21. The van der Waals surface area contributed by atoms with Gasteiger partial charge in [0.15, 0.2) is 0 Å². The molecule has 0 saturated carbocycles. The van der Waals surface area contributed by atoms with Crippen molar-refractivity contribution < 1.29 is 9.59 Å². The molecule has 1 atom stereocenters. The summed E-state index contributed by atoms with van der Waals surface area (Å²) < 4.78 is 0. The second-order valence-corrected chi connectivity index (χ2v) is 6.05. The van der Waals surface area contributed by atoms with Crippen LogP contribution in [0.5, 0.6) is 0 Å². The van der Waals surface area contributed by atoms with Gasteiger partial charge in [-0.25, -0.2) is 0 Å². The van der Waals surface area contributed by atoms with Crippen LogP contribution in [0.1, 0.15) is 24.0 Å². The van der Waals surface area contributed by atoms with Crippen LogP contribution in [0.25, 0.3) is 0 Å². The van der Waals surface area contributed by atoms with Crippen molar-refractivity contribution in [2.24, 2.45) is 5.92 Å². The van der Waals surface area contributed by atoms with Crippen molar-refractivity contribution >= 4 is 17.5 Å². The number of aromatic nitrogens is 1. The first-order valence-corrected chi connectivity index (χ1v) is 8.27. The zero-order chi connectivity index (χ0) is 16.8. The highest BCUT2D eigenvalue weighted by atomic mass is 16.2. The van der Waals surface area contributed by atoms with Gasteiger partial charge in [0.05, 0.1) is 0 Å². The number of benzene rings is 1. The molecule has 2 N–H and O–H groups in total. The highest BCUT2D eigenvalue weighted by Gasteiger charge is 2.26. The minimum atomic E-state index is -0.135. The zero-order valence-electron chi connectivity index (χ0n) is 13.5. The van der Waals surface area contributed by atoms with Gasteiger partial charge >= 0.3 is 0 Å². The van der Waals surface area contributed by atoms with Crippen molar-refractivity contribution in [3.05, 3.63) is 59.9 Å². The first-order valence-electron chi connectivity index (χ1n) is 8.27. The molecule has 1 aliphatic rings. The van der Waals surface area contributed by atoms with Gasteiger partial charge in [-0.05, 0) is 42.5 Å². The van der Waals surface area contributed by atoms with Gasteiger partial charge < -0.3 is 10.6 Å². The van der Waals surface area contributed by atoms with E-state index in [1.165, 1.54) is 0 Å². The van der Waals surface area contributed by atoms with Gasteiger partial charge in [0, 0.05) is 37.0 Å². The van der Waals surface area contributed by atoms with Crippen LogP contribution in [0.3, 0.4) is 0 Å². The summed E-state index contributed by atoms with van der Waals surface area (Å²) in [6.45, 7) is 0.588. The number of pyridine rings is 1. The number of hydrogen-bond acceptors (Lipinski definition) is 3. The summed E-state index contributed by atoms with van der Waals surface area (Å²) in [6, 6.07) is 11.7. The smallest absolute Gasteiger partial charge is 0.227 e. The number of nitrogens with zero attached hydrogens (tertiary/aromatic N) is 1. The van der Waals surface area contributed by atoms with Crippen LogP contribution in [0.4, 0.5) is 5.69 Å². The Morgan fingerprint density at radius 2 is 2.12 bits per heavy atom. The molecular formula is C19H21N3O2. The van der Waals surface area contributed by atoms with E-state index < -0.39 is 0 Å². The maximum Gasteiger partial charge on any atom is 0.227 e. The molecule has 2 amide bonds. The molecule has 24 heavy (non-hydrogen) atoms. The molecule has 0 unspecified atom stereocenters. The first-order chi connectivity index (χ1) is 11.7. The summed E-state index contributed by atoms with van der Waals surface area (Å²) in [6.07, 6.45) is 5.93. The average molecular weight is 323 g/mol. The highest BCUT2D eigenvalue weighted by molar-refractivity contribution is 5.96. The fraction of sp³-hybridized carbons (Fsp3) is 0.316. The predicted molar refractivity (Wildman–Crippen MR) is 92.5 cm³/mol. The molecule has 0 spiro atoms. The van der Waals surface area contributed by atoms with Gasteiger partial charge in [0.1, 0.15) is 0 Å². The van der Waals surface area contributed by atoms with Crippen molar-refractivity contribution in [1.82, 2.24) is 10.3 Å². The van der Waals surface area contributed by atoms with Crippen molar-refractivity contribution in [1.29, 1.82) is 0 Å². The SMILES string of the molecule is O=C(CC[C@@H]1Cc2ccccc2NC1=O)NCCc1cccnc1. The fourth-order valence-electron chi connectivity index (χ4n) is 2.93. The lowest BCUT2D eigenvalue weighted by molar-refractivity contribution is -0.122.